The van der Waals surface area contributed by atoms with Crippen molar-refractivity contribution in [2.75, 3.05) is 46.0 Å². The topological polar surface area (TPSA) is 50.8 Å². The molecule has 0 bridgehead atoms. The van der Waals surface area contributed by atoms with Crippen molar-refractivity contribution in [3.63, 3.8) is 0 Å². The highest BCUT2D eigenvalue weighted by atomic mass is 16.6. The second-order valence-electron chi connectivity index (χ2n) is 5.07. The van der Waals surface area contributed by atoms with Gasteiger partial charge in [-0.1, -0.05) is 6.42 Å². The largest absolute Gasteiger partial charge is 0.464 e. The third-order valence-electron chi connectivity index (χ3n) is 3.25. The average molecular weight is 272 g/mol. The van der Waals surface area contributed by atoms with Crippen molar-refractivity contribution in [2.24, 2.45) is 0 Å². The lowest BCUT2D eigenvalue weighted by Gasteiger charge is -2.29. The monoisotopic (exact) mass is 272 g/mol. The molecule has 0 aromatic heterocycles. The first-order valence-corrected chi connectivity index (χ1v) is 7.41. The van der Waals surface area contributed by atoms with Crippen LogP contribution < -0.4 is 5.32 Å². The van der Waals surface area contributed by atoms with E-state index >= 15 is 0 Å². The Kier molecular flexibility index (Phi) is 8.79. The van der Waals surface area contributed by atoms with Crippen LogP contribution in [0.15, 0.2) is 0 Å². The van der Waals surface area contributed by atoms with Crippen molar-refractivity contribution < 1.29 is 14.3 Å². The Labute approximate surface area is 116 Å². The van der Waals surface area contributed by atoms with Crippen LogP contribution in [0, 0.1) is 0 Å². The summed E-state index contributed by atoms with van der Waals surface area (Å²) >= 11 is 0. The molecule has 1 aliphatic heterocycles. The van der Waals surface area contributed by atoms with Gasteiger partial charge in [0.1, 0.15) is 6.61 Å². The van der Waals surface area contributed by atoms with Crippen LogP contribution in [-0.2, 0) is 14.3 Å². The van der Waals surface area contributed by atoms with Gasteiger partial charge in [-0.05, 0) is 39.8 Å². The quantitative estimate of drug-likeness (QED) is 0.502. The number of nitrogens with one attached hydrogen (secondary N) is 1. The maximum absolute atomic E-state index is 11.0. The van der Waals surface area contributed by atoms with Crippen molar-refractivity contribution in [3.8, 4) is 0 Å². The number of rotatable bonds is 9. The van der Waals surface area contributed by atoms with E-state index in [2.05, 4.69) is 17.1 Å². The summed E-state index contributed by atoms with van der Waals surface area (Å²) in [5.41, 5.74) is 0. The molecule has 1 atom stereocenters. The number of ether oxygens (including phenoxy) is 2. The first kappa shape index (κ1) is 16.4. The van der Waals surface area contributed by atoms with Gasteiger partial charge >= 0.3 is 5.97 Å². The Bertz CT molecular complexity index is 243. The van der Waals surface area contributed by atoms with Gasteiger partial charge in [0.15, 0.2) is 0 Å². The number of piperidine rings is 1. The maximum Gasteiger partial charge on any atom is 0.332 e. The zero-order valence-electron chi connectivity index (χ0n) is 12.3. The molecule has 1 rings (SSSR count). The van der Waals surface area contributed by atoms with E-state index < -0.39 is 0 Å². The maximum atomic E-state index is 11.0. The number of likely N-dealkylation sites (tertiary alicyclic amines) is 1. The lowest BCUT2D eigenvalue weighted by atomic mass is 10.1. The minimum atomic E-state index is -0.288. The van der Waals surface area contributed by atoms with Crippen LogP contribution in [0.5, 0.6) is 0 Å². The van der Waals surface area contributed by atoms with Gasteiger partial charge in [0.25, 0.3) is 0 Å². The molecule has 1 saturated heterocycles. The number of hydrogen-bond donors (Lipinski definition) is 1. The third kappa shape index (κ3) is 8.18. The second-order valence-corrected chi connectivity index (χ2v) is 5.07. The van der Waals surface area contributed by atoms with E-state index in [1.54, 1.807) is 6.92 Å². The van der Waals surface area contributed by atoms with Crippen molar-refractivity contribution in [3.05, 3.63) is 0 Å². The van der Waals surface area contributed by atoms with Gasteiger partial charge in [0, 0.05) is 19.1 Å². The first-order valence-electron chi connectivity index (χ1n) is 7.41. The third-order valence-corrected chi connectivity index (χ3v) is 3.25. The molecule has 19 heavy (non-hydrogen) atoms. The van der Waals surface area contributed by atoms with Crippen LogP contribution >= 0.6 is 0 Å². The van der Waals surface area contributed by atoms with Crippen LogP contribution in [0.4, 0.5) is 0 Å². The standard InChI is InChI=1S/C14H28N2O3/c1-3-19-14(17)12-18-10-7-15-13(2)11-16-8-5-4-6-9-16/h13,15H,3-12H2,1-2H3. The minimum Gasteiger partial charge on any atom is -0.464 e. The molecule has 0 aromatic carbocycles. The summed E-state index contributed by atoms with van der Waals surface area (Å²) in [5, 5.41) is 3.42. The van der Waals surface area contributed by atoms with Crippen LogP contribution in [0.3, 0.4) is 0 Å². The molecule has 112 valence electrons. The van der Waals surface area contributed by atoms with E-state index in [-0.39, 0.29) is 12.6 Å². The molecule has 5 heteroatoms. The van der Waals surface area contributed by atoms with Gasteiger partial charge in [-0.15, -0.1) is 0 Å². The number of carbonyl (C=O) groups excluding carboxylic acids is 1. The molecular formula is C14H28N2O3. The molecule has 0 aromatic rings. The zero-order valence-corrected chi connectivity index (χ0v) is 12.3. The minimum absolute atomic E-state index is 0.0516. The predicted molar refractivity (Wildman–Crippen MR) is 75.2 cm³/mol. The molecule has 1 N–H and O–H groups in total. The van der Waals surface area contributed by atoms with E-state index in [1.165, 1.54) is 32.4 Å². The van der Waals surface area contributed by atoms with Crippen LogP contribution in [0.1, 0.15) is 33.1 Å². The van der Waals surface area contributed by atoms with E-state index in [9.17, 15) is 4.79 Å². The lowest BCUT2D eigenvalue weighted by Crippen LogP contribution is -2.42. The molecule has 0 radical (unpaired) electrons. The Morgan fingerprint density at radius 1 is 1.32 bits per heavy atom. The fourth-order valence-electron chi connectivity index (χ4n) is 2.33. The molecule has 1 heterocycles. The number of hydrogen-bond acceptors (Lipinski definition) is 5. The van der Waals surface area contributed by atoms with E-state index in [4.69, 9.17) is 9.47 Å². The molecule has 1 aliphatic rings. The van der Waals surface area contributed by atoms with E-state index in [0.29, 0.717) is 19.3 Å². The molecule has 1 unspecified atom stereocenters. The molecule has 0 saturated carbocycles. The molecule has 0 aliphatic carbocycles. The second kappa shape index (κ2) is 10.2. The summed E-state index contributed by atoms with van der Waals surface area (Å²) in [6.45, 7) is 9.32. The molecule has 0 amide bonds. The zero-order chi connectivity index (χ0) is 13.9. The number of esters is 1. The number of carbonyl (C=O) groups is 1. The Hall–Kier alpha value is -0.650. The van der Waals surface area contributed by atoms with Gasteiger partial charge in [0.05, 0.1) is 13.2 Å². The average Bonchev–Trinajstić information content (AvgIpc) is 2.40. The normalized spacial score (nSPS) is 18.2. The van der Waals surface area contributed by atoms with Gasteiger partial charge in [-0.25, -0.2) is 4.79 Å². The summed E-state index contributed by atoms with van der Waals surface area (Å²) in [6, 6.07) is 0.462. The van der Waals surface area contributed by atoms with Crippen molar-refractivity contribution in [1.82, 2.24) is 10.2 Å². The highest BCUT2D eigenvalue weighted by Crippen LogP contribution is 2.08. The van der Waals surface area contributed by atoms with Gasteiger partial charge in [0.2, 0.25) is 0 Å². The van der Waals surface area contributed by atoms with Crippen molar-refractivity contribution in [2.45, 2.75) is 39.2 Å². The molecule has 1 fully saturated rings. The van der Waals surface area contributed by atoms with Crippen LogP contribution in [-0.4, -0.2) is 62.9 Å². The van der Waals surface area contributed by atoms with Crippen molar-refractivity contribution in [1.29, 1.82) is 0 Å². The first-order chi connectivity index (χ1) is 9.22. The highest BCUT2D eigenvalue weighted by molar-refractivity contribution is 5.70. The van der Waals surface area contributed by atoms with Gasteiger partial charge in [-0.2, -0.15) is 0 Å². The summed E-state index contributed by atoms with van der Waals surface area (Å²) in [5.74, 6) is -0.288. The van der Waals surface area contributed by atoms with E-state index in [1.807, 2.05) is 0 Å². The molecule has 0 spiro atoms. The van der Waals surface area contributed by atoms with Gasteiger partial charge in [-0.3, -0.25) is 0 Å². The lowest BCUT2D eigenvalue weighted by molar-refractivity contribution is -0.148. The SMILES string of the molecule is CCOC(=O)COCCNC(C)CN1CCCCC1. The van der Waals surface area contributed by atoms with Gasteiger partial charge < -0.3 is 19.7 Å². The Morgan fingerprint density at radius 3 is 2.74 bits per heavy atom. The fraction of sp³-hybridized carbons (Fsp3) is 0.929. The number of nitrogens with zero attached hydrogens (tertiary/aromatic N) is 1. The Morgan fingerprint density at radius 2 is 2.05 bits per heavy atom. The fourth-order valence-corrected chi connectivity index (χ4v) is 2.33. The summed E-state index contributed by atoms with van der Waals surface area (Å²) in [7, 11) is 0. The molecular weight excluding hydrogens is 244 g/mol. The smallest absolute Gasteiger partial charge is 0.332 e. The van der Waals surface area contributed by atoms with Crippen LogP contribution in [0.25, 0.3) is 0 Å². The van der Waals surface area contributed by atoms with Crippen LogP contribution in [0.2, 0.25) is 0 Å². The summed E-state index contributed by atoms with van der Waals surface area (Å²) < 4.78 is 10.0. The van der Waals surface area contributed by atoms with Crippen molar-refractivity contribution >= 4 is 5.97 Å². The predicted octanol–water partition coefficient (Wildman–Crippen LogP) is 1.03. The summed E-state index contributed by atoms with van der Waals surface area (Å²) in [6.07, 6.45) is 4.03. The highest BCUT2D eigenvalue weighted by Gasteiger charge is 2.12. The molecule has 5 nitrogen and oxygen atoms in total. The summed E-state index contributed by atoms with van der Waals surface area (Å²) in [4.78, 5) is 13.5. The Balaban J connectivity index is 1.94. The van der Waals surface area contributed by atoms with E-state index in [0.717, 1.165) is 13.1 Å².